The quantitative estimate of drug-likeness (QED) is 0.725. The van der Waals surface area contributed by atoms with Crippen molar-refractivity contribution in [2.45, 2.75) is 26.3 Å². The highest BCUT2D eigenvalue weighted by atomic mass is 32.1. The molecule has 0 aliphatic heterocycles. The summed E-state index contributed by atoms with van der Waals surface area (Å²) in [7, 11) is 1.59. The van der Waals surface area contributed by atoms with E-state index < -0.39 is 0 Å². The van der Waals surface area contributed by atoms with E-state index in [1.54, 1.807) is 31.4 Å². The van der Waals surface area contributed by atoms with Crippen LogP contribution in [0.1, 0.15) is 40.8 Å². The van der Waals surface area contributed by atoms with Crippen LogP contribution in [0.15, 0.2) is 40.9 Å². The predicted octanol–water partition coefficient (Wildman–Crippen LogP) is 3.86. The number of hydrogen-bond acceptors (Lipinski definition) is 6. The summed E-state index contributed by atoms with van der Waals surface area (Å²) in [6, 6.07) is 10.9. The fourth-order valence-corrected chi connectivity index (χ4v) is 3.04. The third-order valence-corrected chi connectivity index (χ3v) is 4.68. The lowest BCUT2D eigenvalue weighted by Gasteiger charge is -2.04. The number of rotatable bonds is 6. The number of nitrogens with zero attached hydrogens (tertiary/aromatic N) is 2. The minimum absolute atomic E-state index is 0.127. The molecule has 2 heterocycles. The van der Waals surface area contributed by atoms with Crippen molar-refractivity contribution in [1.29, 1.82) is 0 Å². The zero-order valence-electron chi connectivity index (χ0n) is 14.3. The first-order valence-electron chi connectivity index (χ1n) is 7.91. The van der Waals surface area contributed by atoms with Crippen molar-refractivity contribution < 1.29 is 14.1 Å². The summed E-state index contributed by atoms with van der Waals surface area (Å²) < 4.78 is 10.4. The van der Waals surface area contributed by atoms with Crippen LogP contribution >= 0.6 is 11.3 Å². The Balaban J connectivity index is 1.61. The van der Waals surface area contributed by atoms with Crippen molar-refractivity contribution in [3.8, 4) is 16.5 Å². The highest BCUT2D eigenvalue weighted by molar-refractivity contribution is 7.15. The fourth-order valence-electron chi connectivity index (χ4n) is 2.17. The summed E-state index contributed by atoms with van der Waals surface area (Å²) in [6.07, 6.45) is 0. The number of thiophene rings is 1. The minimum atomic E-state index is -0.127. The second kappa shape index (κ2) is 7.48. The molecule has 6 nitrogen and oxygen atoms in total. The lowest BCUT2D eigenvalue weighted by Crippen LogP contribution is -2.22. The number of carbonyl (C=O) groups is 1. The normalized spacial score (nSPS) is 10.9. The van der Waals surface area contributed by atoms with Crippen molar-refractivity contribution in [1.82, 2.24) is 15.5 Å². The number of ether oxygens (including phenoxy) is 1. The highest BCUT2D eigenvalue weighted by Gasteiger charge is 2.14. The molecule has 1 amide bonds. The van der Waals surface area contributed by atoms with Crippen LogP contribution < -0.4 is 10.1 Å². The van der Waals surface area contributed by atoms with Crippen LogP contribution in [0.25, 0.3) is 10.8 Å². The number of amides is 1. The van der Waals surface area contributed by atoms with Crippen molar-refractivity contribution in [3.05, 3.63) is 52.7 Å². The van der Waals surface area contributed by atoms with Crippen LogP contribution in [0.5, 0.6) is 5.75 Å². The van der Waals surface area contributed by atoms with E-state index in [1.165, 1.54) is 11.3 Å². The van der Waals surface area contributed by atoms with Gasteiger partial charge >= 0.3 is 0 Å². The summed E-state index contributed by atoms with van der Waals surface area (Å²) in [5.74, 6) is 2.03. The van der Waals surface area contributed by atoms with Gasteiger partial charge in [-0.05, 0) is 36.4 Å². The zero-order valence-corrected chi connectivity index (χ0v) is 15.1. The van der Waals surface area contributed by atoms with Crippen LogP contribution in [0.4, 0.5) is 0 Å². The molecule has 2 aromatic heterocycles. The summed E-state index contributed by atoms with van der Waals surface area (Å²) >= 11 is 1.52. The maximum atomic E-state index is 12.2. The Morgan fingerprint density at radius 3 is 2.64 bits per heavy atom. The topological polar surface area (TPSA) is 77.2 Å². The van der Waals surface area contributed by atoms with E-state index in [0.29, 0.717) is 23.8 Å². The molecule has 3 rings (SSSR count). The second-order valence-electron chi connectivity index (χ2n) is 5.79. The van der Waals surface area contributed by atoms with Crippen molar-refractivity contribution in [3.63, 3.8) is 0 Å². The summed E-state index contributed by atoms with van der Waals surface area (Å²) in [5, 5.41) is 6.87. The standard InChI is InChI=1S/C18H19N3O3S/c1-11(2)16-20-18(24-21-16)15-9-8-14(25-15)10-19-17(22)12-4-6-13(23-3)7-5-12/h4-9,11H,10H2,1-3H3,(H,19,22). The van der Waals surface area contributed by atoms with Gasteiger partial charge in [0, 0.05) is 16.4 Å². The third-order valence-electron chi connectivity index (χ3n) is 3.61. The predicted molar refractivity (Wildman–Crippen MR) is 95.9 cm³/mol. The first-order chi connectivity index (χ1) is 12.1. The number of nitrogens with one attached hydrogen (secondary N) is 1. The molecule has 0 bridgehead atoms. The van der Waals surface area contributed by atoms with Crippen LogP contribution in [-0.4, -0.2) is 23.2 Å². The summed E-state index contributed by atoms with van der Waals surface area (Å²) in [6.45, 7) is 4.48. The van der Waals surface area contributed by atoms with Gasteiger partial charge < -0.3 is 14.6 Å². The van der Waals surface area contributed by atoms with Crippen molar-refractivity contribution in [2.24, 2.45) is 0 Å². The molecule has 0 aliphatic rings. The molecule has 1 aromatic carbocycles. The van der Waals surface area contributed by atoms with E-state index in [-0.39, 0.29) is 11.8 Å². The van der Waals surface area contributed by atoms with E-state index >= 15 is 0 Å². The number of benzene rings is 1. The average molecular weight is 357 g/mol. The molecule has 0 radical (unpaired) electrons. The fraction of sp³-hybridized carbons (Fsp3) is 0.278. The maximum absolute atomic E-state index is 12.2. The minimum Gasteiger partial charge on any atom is -0.497 e. The van der Waals surface area contributed by atoms with E-state index in [1.807, 2.05) is 26.0 Å². The van der Waals surface area contributed by atoms with Gasteiger partial charge in [-0.25, -0.2) is 0 Å². The largest absolute Gasteiger partial charge is 0.497 e. The van der Waals surface area contributed by atoms with Gasteiger partial charge in [0.05, 0.1) is 18.5 Å². The van der Waals surface area contributed by atoms with E-state index in [0.717, 1.165) is 15.5 Å². The molecule has 3 aromatic rings. The molecule has 0 saturated heterocycles. The third kappa shape index (κ3) is 4.06. The maximum Gasteiger partial charge on any atom is 0.268 e. The van der Waals surface area contributed by atoms with Gasteiger partial charge in [0.2, 0.25) is 0 Å². The second-order valence-corrected chi connectivity index (χ2v) is 6.96. The average Bonchev–Trinajstić information content (AvgIpc) is 3.29. The molecular weight excluding hydrogens is 338 g/mol. The lowest BCUT2D eigenvalue weighted by atomic mass is 10.2. The van der Waals surface area contributed by atoms with E-state index in [2.05, 4.69) is 15.5 Å². The zero-order chi connectivity index (χ0) is 17.8. The molecule has 0 saturated carbocycles. The summed E-state index contributed by atoms with van der Waals surface area (Å²) in [5.41, 5.74) is 0.594. The SMILES string of the molecule is COc1ccc(C(=O)NCc2ccc(-c3nc(C(C)C)no3)s2)cc1. The Hall–Kier alpha value is -2.67. The molecule has 25 heavy (non-hydrogen) atoms. The molecule has 0 atom stereocenters. The Morgan fingerprint density at radius 2 is 2.00 bits per heavy atom. The Morgan fingerprint density at radius 1 is 1.24 bits per heavy atom. The van der Waals surface area contributed by atoms with Crippen molar-refractivity contribution in [2.75, 3.05) is 7.11 Å². The van der Waals surface area contributed by atoms with Gasteiger partial charge in [-0.2, -0.15) is 4.98 Å². The Bertz CT molecular complexity index is 853. The molecule has 0 unspecified atom stereocenters. The first kappa shape index (κ1) is 17.2. The number of hydrogen-bond donors (Lipinski definition) is 1. The molecule has 7 heteroatoms. The molecule has 0 spiro atoms. The number of methoxy groups -OCH3 is 1. The molecular formula is C18H19N3O3S. The van der Waals surface area contributed by atoms with E-state index in [9.17, 15) is 4.79 Å². The van der Waals surface area contributed by atoms with Gasteiger partial charge in [0.25, 0.3) is 11.8 Å². The highest BCUT2D eigenvalue weighted by Crippen LogP contribution is 2.27. The van der Waals surface area contributed by atoms with Crippen LogP contribution in [0, 0.1) is 0 Å². The van der Waals surface area contributed by atoms with Crippen LogP contribution in [-0.2, 0) is 6.54 Å². The first-order valence-corrected chi connectivity index (χ1v) is 8.73. The molecule has 0 fully saturated rings. The molecule has 0 aliphatic carbocycles. The lowest BCUT2D eigenvalue weighted by molar-refractivity contribution is 0.0951. The van der Waals surface area contributed by atoms with Gasteiger partial charge in [-0.15, -0.1) is 11.3 Å². The Kier molecular flexibility index (Phi) is 5.14. The summed E-state index contributed by atoms with van der Waals surface area (Å²) in [4.78, 5) is 18.5. The van der Waals surface area contributed by atoms with Gasteiger partial charge in [-0.3, -0.25) is 4.79 Å². The molecule has 1 N–H and O–H groups in total. The Labute approximate surface area is 149 Å². The molecule has 130 valence electrons. The van der Waals surface area contributed by atoms with E-state index in [4.69, 9.17) is 9.26 Å². The van der Waals surface area contributed by atoms with Gasteiger partial charge in [-0.1, -0.05) is 19.0 Å². The number of carbonyl (C=O) groups excluding carboxylic acids is 1. The van der Waals surface area contributed by atoms with Crippen molar-refractivity contribution >= 4 is 17.2 Å². The monoisotopic (exact) mass is 357 g/mol. The number of aromatic nitrogens is 2. The van der Waals surface area contributed by atoms with Gasteiger partial charge in [0.1, 0.15) is 5.75 Å². The van der Waals surface area contributed by atoms with Crippen LogP contribution in [0.2, 0.25) is 0 Å². The smallest absolute Gasteiger partial charge is 0.268 e. The van der Waals surface area contributed by atoms with Crippen LogP contribution in [0.3, 0.4) is 0 Å². The van der Waals surface area contributed by atoms with Gasteiger partial charge in [0.15, 0.2) is 5.82 Å².